The molecule has 0 radical (unpaired) electrons. The quantitative estimate of drug-likeness (QED) is 0.317. The molecule has 1 N–H and O–H groups in total. The summed E-state index contributed by atoms with van der Waals surface area (Å²) >= 11 is 1.10. The Morgan fingerprint density at radius 2 is 1.53 bits per heavy atom. The Hall–Kier alpha value is -1.86. The monoisotopic (exact) mass is 436 g/mol. The fraction of sp³-hybridized carbons (Fsp3) is 0.609. The number of carbonyl (C=O) groups excluding carboxylic acids is 2. The largest absolute Gasteiger partial charge is 0.480 e. The first-order valence-electron chi connectivity index (χ1n) is 10.9. The Kier molecular flexibility index (Phi) is 13.1. The molecule has 1 unspecified atom stereocenters. The molecule has 0 aliphatic rings. The van der Waals surface area contributed by atoms with E-state index >= 15 is 0 Å². The summed E-state index contributed by atoms with van der Waals surface area (Å²) in [6.07, 6.45) is 6.03. The summed E-state index contributed by atoms with van der Waals surface area (Å²) < 4.78 is 0. The highest BCUT2D eigenvalue weighted by Crippen LogP contribution is 2.18. The zero-order chi connectivity index (χ0) is 22.4. The topological polar surface area (TPSA) is 77.9 Å². The number of unbranched alkanes of at least 4 members (excludes halogenated alkanes) is 4. The zero-order valence-electron chi connectivity index (χ0n) is 18.5. The van der Waals surface area contributed by atoms with E-state index in [9.17, 15) is 19.5 Å². The molecule has 0 heterocycles. The molecule has 30 heavy (non-hydrogen) atoms. The van der Waals surface area contributed by atoms with Crippen LogP contribution in [0.2, 0.25) is 0 Å². The molecule has 7 heteroatoms. The molecule has 0 saturated heterocycles. The number of amides is 1. The van der Waals surface area contributed by atoms with Gasteiger partial charge in [0.05, 0.1) is 0 Å². The smallest absolute Gasteiger partial charge is 0.324 e. The van der Waals surface area contributed by atoms with Gasteiger partial charge in [-0.15, -0.1) is 0 Å². The van der Waals surface area contributed by atoms with Crippen LogP contribution < -0.4 is 0 Å². The van der Waals surface area contributed by atoms with E-state index in [0.717, 1.165) is 50.3 Å². The zero-order valence-corrected chi connectivity index (χ0v) is 19.3. The molecule has 1 rings (SSSR count). The Bertz CT molecular complexity index is 644. The molecule has 168 valence electrons. The Morgan fingerprint density at radius 3 is 2.03 bits per heavy atom. The van der Waals surface area contributed by atoms with Gasteiger partial charge in [0, 0.05) is 30.3 Å². The van der Waals surface area contributed by atoms with E-state index in [-0.39, 0.29) is 17.6 Å². The third kappa shape index (κ3) is 9.76. The first-order valence-corrected chi connectivity index (χ1v) is 11.9. The van der Waals surface area contributed by atoms with Crippen LogP contribution in [0.25, 0.3) is 0 Å². The minimum Gasteiger partial charge on any atom is -0.480 e. The van der Waals surface area contributed by atoms with Crippen LogP contribution in [0.5, 0.6) is 0 Å². The fourth-order valence-electron chi connectivity index (χ4n) is 3.07. The second-order valence-corrected chi connectivity index (χ2v) is 8.52. The van der Waals surface area contributed by atoms with Gasteiger partial charge in [0.25, 0.3) is 0 Å². The molecule has 0 fully saturated rings. The lowest BCUT2D eigenvalue weighted by Crippen LogP contribution is -2.51. The summed E-state index contributed by atoms with van der Waals surface area (Å²) in [6.45, 7) is 6.98. The molecule has 0 aliphatic heterocycles. The highest BCUT2D eigenvalue weighted by molar-refractivity contribution is 8.14. The summed E-state index contributed by atoms with van der Waals surface area (Å²) in [5, 5.41) is 12.6. The van der Waals surface area contributed by atoms with Crippen molar-refractivity contribution >= 4 is 28.8 Å². The van der Waals surface area contributed by atoms with Gasteiger partial charge in [0.1, 0.15) is 6.54 Å². The van der Waals surface area contributed by atoms with E-state index in [2.05, 4.69) is 13.8 Å². The van der Waals surface area contributed by atoms with Gasteiger partial charge in [-0.3, -0.25) is 19.4 Å². The van der Waals surface area contributed by atoms with Crippen molar-refractivity contribution in [2.45, 2.75) is 59.3 Å². The highest BCUT2D eigenvalue weighted by atomic mass is 32.2. The van der Waals surface area contributed by atoms with Crippen molar-refractivity contribution in [2.24, 2.45) is 5.92 Å². The van der Waals surface area contributed by atoms with E-state index in [0.29, 0.717) is 24.4 Å². The molecule has 1 amide bonds. The lowest BCUT2D eigenvalue weighted by atomic mass is 10.2. The van der Waals surface area contributed by atoms with Crippen LogP contribution in [0.3, 0.4) is 0 Å². The lowest BCUT2D eigenvalue weighted by Gasteiger charge is -2.35. The third-order valence-electron chi connectivity index (χ3n) is 4.82. The van der Waals surface area contributed by atoms with Crippen molar-refractivity contribution in [2.75, 3.05) is 25.4 Å². The SMILES string of the molecule is CCCCCN(CCCCC)N(CC(=O)O)C(=O)C(C)CSC(=O)c1ccccc1. The molecular formula is C23H36N2O4S. The first kappa shape index (κ1) is 26.2. The van der Waals surface area contributed by atoms with Crippen molar-refractivity contribution < 1.29 is 19.5 Å². The molecule has 0 spiro atoms. The van der Waals surface area contributed by atoms with Gasteiger partial charge in [-0.05, 0) is 12.8 Å². The number of carboxylic acid groups (broad SMARTS) is 1. The van der Waals surface area contributed by atoms with E-state index in [1.165, 1.54) is 5.01 Å². The average molecular weight is 437 g/mol. The van der Waals surface area contributed by atoms with Crippen LogP contribution in [0.4, 0.5) is 0 Å². The van der Waals surface area contributed by atoms with Gasteiger partial charge >= 0.3 is 5.97 Å². The molecule has 0 aromatic heterocycles. The number of carboxylic acids is 1. The van der Waals surface area contributed by atoms with Crippen LogP contribution in [0.15, 0.2) is 30.3 Å². The summed E-state index contributed by atoms with van der Waals surface area (Å²) in [7, 11) is 0. The standard InChI is InChI=1S/C23H36N2O4S/c1-4-6-11-15-24(16-12-7-5-2)25(17-21(26)27)22(28)19(3)18-30-23(29)20-13-9-8-10-14-20/h8-10,13-14,19H,4-7,11-12,15-18H2,1-3H3,(H,26,27). The molecule has 1 atom stereocenters. The van der Waals surface area contributed by atoms with Crippen LogP contribution in [0, 0.1) is 5.92 Å². The summed E-state index contributed by atoms with van der Waals surface area (Å²) in [5.74, 6) is -1.40. The van der Waals surface area contributed by atoms with Gasteiger partial charge < -0.3 is 5.11 Å². The van der Waals surface area contributed by atoms with E-state index in [1.807, 2.05) is 11.1 Å². The maximum Gasteiger partial charge on any atom is 0.324 e. The Morgan fingerprint density at radius 1 is 0.967 bits per heavy atom. The number of hydrazine groups is 1. The number of rotatable bonds is 15. The Balaban J connectivity index is 2.81. The second-order valence-electron chi connectivity index (χ2n) is 7.52. The minimum absolute atomic E-state index is 0.0808. The number of hydrogen-bond acceptors (Lipinski definition) is 5. The molecule has 6 nitrogen and oxygen atoms in total. The number of benzene rings is 1. The van der Waals surface area contributed by atoms with Crippen LogP contribution >= 0.6 is 11.8 Å². The van der Waals surface area contributed by atoms with E-state index in [4.69, 9.17) is 0 Å². The third-order valence-corrected chi connectivity index (χ3v) is 5.98. The lowest BCUT2D eigenvalue weighted by molar-refractivity contribution is -0.162. The van der Waals surface area contributed by atoms with Gasteiger partial charge in [-0.25, -0.2) is 5.01 Å². The van der Waals surface area contributed by atoms with Gasteiger partial charge in [-0.1, -0.05) is 88.5 Å². The normalized spacial score (nSPS) is 12.0. The molecule has 0 aliphatic carbocycles. The van der Waals surface area contributed by atoms with Crippen LogP contribution in [0.1, 0.15) is 69.7 Å². The Labute approximate surface area is 185 Å². The van der Waals surface area contributed by atoms with Crippen molar-refractivity contribution in [1.29, 1.82) is 0 Å². The number of aliphatic carboxylic acids is 1. The second kappa shape index (κ2) is 15.0. The number of carbonyl (C=O) groups is 3. The number of thioether (sulfide) groups is 1. The molecule has 0 saturated carbocycles. The minimum atomic E-state index is -1.03. The van der Waals surface area contributed by atoms with E-state index in [1.54, 1.807) is 31.2 Å². The fourth-order valence-corrected chi connectivity index (χ4v) is 3.92. The average Bonchev–Trinajstić information content (AvgIpc) is 2.74. The first-order chi connectivity index (χ1) is 14.4. The summed E-state index contributed by atoms with van der Waals surface area (Å²) in [5.41, 5.74) is 0.602. The molecular weight excluding hydrogens is 400 g/mol. The molecule has 1 aromatic rings. The van der Waals surface area contributed by atoms with Gasteiger partial charge in [0.2, 0.25) is 11.0 Å². The number of nitrogens with zero attached hydrogens (tertiary/aromatic N) is 2. The highest BCUT2D eigenvalue weighted by Gasteiger charge is 2.28. The summed E-state index contributed by atoms with van der Waals surface area (Å²) in [4.78, 5) is 36.9. The van der Waals surface area contributed by atoms with E-state index < -0.39 is 11.9 Å². The van der Waals surface area contributed by atoms with Crippen molar-refractivity contribution in [1.82, 2.24) is 10.0 Å². The van der Waals surface area contributed by atoms with Gasteiger partial charge in [0.15, 0.2) is 0 Å². The molecule has 0 bridgehead atoms. The van der Waals surface area contributed by atoms with Crippen LogP contribution in [-0.4, -0.2) is 57.5 Å². The van der Waals surface area contributed by atoms with Crippen LogP contribution in [-0.2, 0) is 9.59 Å². The maximum absolute atomic E-state index is 13.1. The van der Waals surface area contributed by atoms with Gasteiger partial charge in [-0.2, -0.15) is 0 Å². The predicted molar refractivity (Wildman–Crippen MR) is 122 cm³/mol. The number of hydrogen-bond donors (Lipinski definition) is 1. The van der Waals surface area contributed by atoms with Crippen molar-refractivity contribution in [3.8, 4) is 0 Å². The maximum atomic E-state index is 13.1. The molecule has 1 aromatic carbocycles. The predicted octanol–water partition coefficient (Wildman–Crippen LogP) is 4.71. The van der Waals surface area contributed by atoms with Crippen molar-refractivity contribution in [3.05, 3.63) is 35.9 Å². The summed E-state index contributed by atoms with van der Waals surface area (Å²) in [6, 6.07) is 8.97. The van der Waals surface area contributed by atoms with Crippen molar-refractivity contribution in [3.63, 3.8) is 0 Å².